The fourth-order valence-electron chi connectivity index (χ4n) is 2.68. The van der Waals surface area contributed by atoms with E-state index in [0.29, 0.717) is 33.5 Å². The molecule has 1 fully saturated rings. The van der Waals surface area contributed by atoms with E-state index in [2.05, 4.69) is 10.9 Å². The largest absolute Gasteiger partial charge is 0.496 e. The summed E-state index contributed by atoms with van der Waals surface area (Å²) in [6, 6.07) is 10.6. The predicted molar refractivity (Wildman–Crippen MR) is 122 cm³/mol. The maximum Gasteiger partial charge on any atom is 0.273 e. The summed E-state index contributed by atoms with van der Waals surface area (Å²) >= 11 is 8.10. The minimum absolute atomic E-state index is 0.132. The molecule has 3 amide bonds. The Balaban J connectivity index is 1.45. The zero-order chi connectivity index (χ0) is 21.5. The van der Waals surface area contributed by atoms with Crippen molar-refractivity contribution in [1.29, 1.82) is 0 Å². The van der Waals surface area contributed by atoms with Crippen molar-refractivity contribution in [3.63, 3.8) is 0 Å². The maximum atomic E-state index is 12.5. The summed E-state index contributed by atoms with van der Waals surface area (Å²) < 4.78 is 5.61. The van der Waals surface area contributed by atoms with Crippen molar-refractivity contribution in [2.75, 3.05) is 13.7 Å². The SMILES string of the molecule is COc1ccccc1C(=O)NNC(=O)CCCN1C(=O)/C(=C\c2cccs2)SC1=S. The first kappa shape index (κ1) is 22.0. The summed E-state index contributed by atoms with van der Waals surface area (Å²) in [5.74, 6) is -0.577. The van der Waals surface area contributed by atoms with Crippen LogP contribution in [-0.4, -0.2) is 40.6 Å². The van der Waals surface area contributed by atoms with Crippen LogP contribution in [0.1, 0.15) is 28.1 Å². The van der Waals surface area contributed by atoms with Crippen molar-refractivity contribution in [1.82, 2.24) is 15.8 Å². The average molecular weight is 462 g/mol. The number of thioether (sulfide) groups is 1. The Kier molecular flexibility index (Phi) is 7.61. The van der Waals surface area contributed by atoms with E-state index in [1.165, 1.54) is 23.8 Å². The summed E-state index contributed by atoms with van der Waals surface area (Å²) in [4.78, 5) is 39.8. The number of thiophene rings is 1. The third-order valence-corrected chi connectivity index (χ3v) is 6.34. The number of carbonyl (C=O) groups is 3. The first-order valence-electron chi connectivity index (χ1n) is 9.00. The van der Waals surface area contributed by atoms with E-state index in [1.807, 2.05) is 23.6 Å². The van der Waals surface area contributed by atoms with Gasteiger partial charge in [0, 0.05) is 17.8 Å². The topological polar surface area (TPSA) is 87.7 Å². The quantitative estimate of drug-likeness (QED) is 0.374. The van der Waals surface area contributed by atoms with Gasteiger partial charge in [0.1, 0.15) is 10.1 Å². The molecule has 0 saturated carbocycles. The van der Waals surface area contributed by atoms with Gasteiger partial charge in [0.25, 0.3) is 11.8 Å². The molecule has 30 heavy (non-hydrogen) atoms. The highest BCUT2D eigenvalue weighted by atomic mass is 32.2. The van der Waals surface area contributed by atoms with E-state index in [0.717, 1.165) is 4.88 Å². The van der Waals surface area contributed by atoms with Gasteiger partial charge < -0.3 is 4.74 Å². The van der Waals surface area contributed by atoms with Gasteiger partial charge >= 0.3 is 0 Å². The van der Waals surface area contributed by atoms with Gasteiger partial charge in [0.2, 0.25) is 5.91 Å². The maximum absolute atomic E-state index is 12.5. The summed E-state index contributed by atoms with van der Waals surface area (Å²) in [7, 11) is 1.47. The summed E-state index contributed by atoms with van der Waals surface area (Å²) in [6.07, 6.45) is 2.37. The van der Waals surface area contributed by atoms with Gasteiger partial charge in [-0.2, -0.15) is 0 Å². The lowest BCUT2D eigenvalue weighted by Crippen LogP contribution is -2.42. The molecule has 0 atom stereocenters. The molecule has 7 nitrogen and oxygen atoms in total. The van der Waals surface area contributed by atoms with Crippen LogP contribution in [0.3, 0.4) is 0 Å². The number of rotatable bonds is 7. The van der Waals surface area contributed by atoms with E-state index < -0.39 is 5.91 Å². The fraction of sp³-hybridized carbons (Fsp3) is 0.200. The van der Waals surface area contributed by atoms with Crippen LogP contribution >= 0.6 is 35.3 Å². The van der Waals surface area contributed by atoms with Gasteiger partial charge in [-0.25, -0.2) is 0 Å². The molecule has 2 aromatic rings. The van der Waals surface area contributed by atoms with Crippen molar-refractivity contribution in [3.8, 4) is 5.75 Å². The van der Waals surface area contributed by atoms with Crippen LogP contribution < -0.4 is 15.6 Å². The highest BCUT2D eigenvalue weighted by Gasteiger charge is 2.31. The molecule has 10 heteroatoms. The molecular formula is C20H19N3O4S3. The van der Waals surface area contributed by atoms with Crippen LogP contribution in [-0.2, 0) is 9.59 Å². The molecule has 1 aromatic carbocycles. The molecule has 0 aliphatic carbocycles. The lowest BCUT2D eigenvalue weighted by Gasteiger charge is -2.14. The summed E-state index contributed by atoms with van der Waals surface area (Å²) in [5, 5.41) is 1.94. The Morgan fingerprint density at radius 1 is 1.20 bits per heavy atom. The molecule has 0 radical (unpaired) electrons. The Morgan fingerprint density at radius 2 is 2.00 bits per heavy atom. The van der Waals surface area contributed by atoms with Crippen molar-refractivity contribution >= 4 is 63.4 Å². The van der Waals surface area contributed by atoms with E-state index in [4.69, 9.17) is 17.0 Å². The number of hydrogen-bond donors (Lipinski definition) is 2. The number of hydrogen-bond acceptors (Lipinski definition) is 7. The zero-order valence-electron chi connectivity index (χ0n) is 16.0. The van der Waals surface area contributed by atoms with Crippen LogP contribution in [0.15, 0.2) is 46.7 Å². The number of thiocarbonyl (C=S) groups is 1. The van der Waals surface area contributed by atoms with Gasteiger partial charge in [0.05, 0.1) is 17.6 Å². The molecule has 3 rings (SSSR count). The van der Waals surface area contributed by atoms with Gasteiger partial charge in [-0.05, 0) is 36.1 Å². The normalized spacial score (nSPS) is 14.8. The number of benzene rings is 1. The van der Waals surface area contributed by atoms with Crippen molar-refractivity contribution < 1.29 is 19.1 Å². The molecule has 2 heterocycles. The van der Waals surface area contributed by atoms with Crippen molar-refractivity contribution in [2.45, 2.75) is 12.8 Å². The van der Waals surface area contributed by atoms with E-state index in [9.17, 15) is 14.4 Å². The Labute approximate surface area is 187 Å². The number of nitrogens with zero attached hydrogens (tertiary/aromatic N) is 1. The first-order valence-corrected chi connectivity index (χ1v) is 11.1. The second-order valence-electron chi connectivity index (χ2n) is 6.15. The van der Waals surface area contributed by atoms with Crippen LogP contribution in [0.2, 0.25) is 0 Å². The Bertz CT molecular complexity index is 989. The van der Waals surface area contributed by atoms with Crippen molar-refractivity contribution in [2.24, 2.45) is 0 Å². The number of ether oxygens (including phenoxy) is 1. The number of para-hydroxylation sites is 1. The highest BCUT2D eigenvalue weighted by Crippen LogP contribution is 2.33. The molecule has 0 bridgehead atoms. The minimum Gasteiger partial charge on any atom is -0.496 e. The van der Waals surface area contributed by atoms with Gasteiger partial charge in [-0.1, -0.05) is 42.2 Å². The van der Waals surface area contributed by atoms with Gasteiger partial charge in [-0.15, -0.1) is 11.3 Å². The number of hydrazine groups is 1. The second kappa shape index (κ2) is 10.4. The number of amides is 3. The van der Waals surface area contributed by atoms with Crippen molar-refractivity contribution in [3.05, 3.63) is 57.1 Å². The number of carbonyl (C=O) groups excluding carboxylic acids is 3. The highest BCUT2D eigenvalue weighted by molar-refractivity contribution is 8.26. The smallest absolute Gasteiger partial charge is 0.273 e. The fourth-order valence-corrected chi connectivity index (χ4v) is 4.71. The van der Waals surface area contributed by atoms with Crippen LogP contribution in [0.5, 0.6) is 5.75 Å². The lowest BCUT2D eigenvalue weighted by atomic mass is 10.2. The van der Waals surface area contributed by atoms with Crippen LogP contribution in [0.25, 0.3) is 6.08 Å². The number of nitrogens with one attached hydrogen (secondary N) is 2. The molecular weight excluding hydrogens is 442 g/mol. The Hall–Kier alpha value is -2.69. The van der Waals surface area contributed by atoms with E-state index in [-0.39, 0.29) is 18.2 Å². The average Bonchev–Trinajstić information content (AvgIpc) is 3.35. The molecule has 0 spiro atoms. The Morgan fingerprint density at radius 3 is 2.73 bits per heavy atom. The van der Waals surface area contributed by atoms with Crippen LogP contribution in [0.4, 0.5) is 0 Å². The second-order valence-corrected chi connectivity index (χ2v) is 8.81. The molecule has 0 unspecified atom stereocenters. The standard InChI is InChI=1S/C20H19N3O4S3/c1-27-15-8-3-2-7-14(15)18(25)22-21-17(24)9-4-10-23-19(26)16(30-20(23)28)12-13-6-5-11-29-13/h2-3,5-8,11-12H,4,9-10H2,1H3,(H,21,24)(H,22,25)/b16-12+. The molecule has 156 valence electrons. The molecule has 1 aliphatic heterocycles. The third kappa shape index (κ3) is 5.47. The minimum atomic E-state index is -0.476. The van der Waals surface area contributed by atoms with E-state index in [1.54, 1.807) is 35.6 Å². The third-order valence-electron chi connectivity index (χ3n) is 4.14. The predicted octanol–water partition coefficient (Wildman–Crippen LogP) is 3.20. The molecule has 1 saturated heterocycles. The monoisotopic (exact) mass is 461 g/mol. The first-order chi connectivity index (χ1) is 14.5. The lowest BCUT2D eigenvalue weighted by molar-refractivity contribution is -0.124. The van der Waals surface area contributed by atoms with E-state index >= 15 is 0 Å². The molecule has 1 aromatic heterocycles. The van der Waals surface area contributed by atoms with Gasteiger partial charge in [-0.3, -0.25) is 30.1 Å². The van der Waals surface area contributed by atoms with Crippen LogP contribution in [0, 0.1) is 0 Å². The van der Waals surface area contributed by atoms with Gasteiger partial charge in [0.15, 0.2) is 0 Å². The molecule has 1 aliphatic rings. The number of methoxy groups -OCH3 is 1. The zero-order valence-corrected chi connectivity index (χ0v) is 18.5. The summed E-state index contributed by atoms with van der Waals surface area (Å²) in [5.41, 5.74) is 5.05. The molecule has 2 N–H and O–H groups in total. The summed E-state index contributed by atoms with van der Waals surface area (Å²) in [6.45, 7) is 0.334.